The van der Waals surface area contributed by atoms with Crippen molar-refractivity contribution in [1.29, 1.82) is 0 Å². The Hall–Kier alpha value is -2.11. The highest BCUT2D eigenvalue weighted by Gasteiger charge is 2.29. The van der Waals surface area contributed by atoms with Crippen molar-refractivity contribution in [3.8, 4) is 0 Å². The SMILES string of the molecule is c1cnc(N2CCC[C@@H](c3nccn3CC3CCC3)C2)c(N2CCCC2)n1. The minimum Gasteiger partial charge on any atom is -0.354 e. The van der Waals surface area contributed by atoms with Gasteiger partial charge in [-0.05, 0) is 44.4 Å². The molecule has 2 aromatic heterocycles. The Morgan fingerprint density at radius 1 is 0.778 bits per heavy atom. The van der Waals surface area contributed by atoms with E-state index in [0.29, 0.717) is 5.92 Å². The molecule has 6 nitrogen and oxygen atoms in total. The number of rotatable bonds is 5. The molecule has 3 aliphatic rings. The van der Waals surface area contributed by atoms with E-state index in [0.717, 1.165) is 50.3 Å². The zero-order valence-electron chi connectivity index (χ0n) is 16.1. The first kappa shape index (κ1) is 17.0. The zero-order chi connectivity index (χ0) is 18.1. The summed E-state index contributed by atoms with van der Waals surface area (Å²) in [4.78, 5) is 19.1. The molecule has 2 aliphatic heterocycles. The molecule has 0 radical (unpaired) electrons. The summed E-state index contributed by atoms with van der Waals surface area (Å²) in [6.07, 6.45) is 17.0. The molecule has 0 aromatic carbocycles. The molecule has 4 heterocycles. The lowest BCUT2D eigenvalue weighted by molar-refractivity contribution is 0.270. The number of anilines is 2. The fourth-order valence-electron chi connectivity index (χ4n) is 4.87. The minimum absolute atomic E-state index is 0.488. The molecule has 1 atom stereocenters. The Morgan fingerprint density at radius 2 is 1.52 bits per heavy atom. The van der Waals surface area contributed by atoms with Gasteiger partial charge in [0.25, 0.3) is 0 Å². The average Bonchev–Trinajstić information content (AvgIpc) is 3.37. The smallest absolute Gasteiger partial charge is 0.172 e. The molecular weight excluding hydrogens is 336 g/mol. The summed E-state index contributed by atoms with van der Waals surface area (Å²) in [6, 6.07) is 0. The lowest BCUT2D eigenvalue weighted by atomic mass is 9.85. The molecule has 6 heteroatoms. The van der Waals surface area contributed by atoms with Crippen molar-refractivity contribution >= 4 is 11.6 Å². The van der Waals surface area contributed by atoms with Crippen LogP contribution in [0.3, 0.4) is 0 Å². The standard InChI is InChI=1S/C21H30N6/c1-2-12-25(11-1)20-21(23-9-8-22-20)26-13-4-7-18(16-26)19-24-10-14-27(19)15-17-5-3-6-17/h8-10,14,17-18H,1-7,11-13,15-16H2/t18-/m1/s1. The monoisotopic (exact) mass is 366 g/mol. The number of piperidine rings is 1. The van der Waals surface area contributed by atoms with Gasteiger partial charge in [0.1, 0.15) is 5.82 Å². The number of hydrogen-bond donors (Lipinski definition) is 0. The van der Waals surface area contributed by atoms with Crippen LogP contribution in [0.5, 0.6) is 0 Å². The van der Waals surface area contributed by atoms with Gasteiger partial charge in [0.15, 0.2) is 11.6 Å². The van der Waals surface area contributed by atoms with Gasteiger partial charge in [-0.1, -0.05) is 6.42 Å². The maximum atomic E-state index is 4.77. The predicted molar refractivity (Wildman–Crippen MR) is 107 cm³/mol. The van der Waals surface area contributed by atoms with Crippen LogP contribution in [0.15, 0.2) is 24.8 Å². The van der Waals surface area contributed by atoms with E-state index in [1.165, 1.54) is 50.8 Å². The highest BCUT2D eigenvalue weighted by molar-refractivity contribution is 5.63. The lowest BCUT2D eigenvalue weighted by Gasteiger charge is -2.35. The number of aromatic nitrogens is 4. The van der Waals surface area contributed by atoms with Crippen LogP contribution < -0.4 is 9.80 Å². The van der Waals surface area contributed by atoms with Crippen molar-refractivity contribution in [2.24, 2.45) is 5.92 Å². The van der Waals surface area contributed by atoms with Gasteiger partial charge in [-0.15, -0.1) is 0 Å². The van der Waals surface area contributed by atoms with Gasteiger partial charge in [-0.2, -0.15) is 0 Å². The summed E-state index contributed by atoms with van der Waals surface area (Å²) in [6.45, 7) is 5.43. The molecule has 2 aromatic rings. The van der Waals surface area contributed by atoms with Crippen LogP contribution >= 0.6 is 0 Å². The van der Waals surface area contributed by atoms with E-state index >= 15 is 0 Å². The molecule has 0 unspecified atom stereocenters. The molecule has 1 aliphatic carbocycles. The third-order valence-corrected chi connectivity index (χ3v) is 6.58. The van der Waals surface area contributed by atoms with Gasteiger partial charge in [-0.25, -0.2) is 15.0 Å². The Bertz CT molecular complexity index is 762. The van der Waals surface area contributed by atoms with E-state index in [9.17, 15) is 0 Å². The Labute approximate surface area is 161 Å². The summed E-state index contributed by atoms with van der Waals surface area (Å²) in [5, 5.41) is 0. The van der Waals surface area contributed by atoms with Gasteiger partial charge in [0.2, 0.25) is 0 Å². The van der Waals surface area contributed by atoms with Gasteiger partial charge >= 0.3 is 0 Å². The minimum atomic E-state index is 0.488. The summed E-state index contributed by atoms with van der Waals surface area (Å²) < 4.78 is 2.43. The highest BCUT2D eigenvalue weighted by Crippen LogP contribution is 2.34. The fraction of sp³-hybridized carbons (Fsp3) is 0.667. The predicted octanol–water partition coefficient (Wildman–Crippen LogP) is 3.46. The van der Waals surface area contributed by atoms with Crippen molar-refractivity contribution in [3.05, 3.63) is 30.6 Å². The maximum absolute atomic E-state index is 4.77. The summed E-state index contributed by atoms with van der Waals surface area (Å²) in [5.74, 6) is 4.77. The Kier molecular flexibility index (Phi) is 4.72. The van der Waals surface area contributed by atoms with E-state index < -0.39 is 0 Å². The van der Waals surface area contributed by atoms with Gasteiger partial charge in [0, 0.05) is 63.4 Å². The Balaban J connectivity index is 1.35. The number of nitrogens with zero attached hydrogens (tertiary/aromatic N) is 6. The normalized spacial score (nSPS) is 23.6. The quantitative estimate of drug-likeness (QED) is 0.811. The van der Waals surface area contributed by atoms with Crippen LogP contribution in [0, 0.1) is 5.92 Å². The van der Waals surface area contributed by atoms with Crippen LogP contribution in [0.2, 0.25) is 0 Å². The highest BCUT2D eigenvalue weighted by atomic mass is 15.3. The third kappa shape index (κ3) is 3.42. The number of hydrogen-bond acceptors (Lipinski definition) is 5. The third-order valence-electron chi connectivity index (χ3n) is 6.58. The molecule has 5 rings (SSSR count). The second-order valence-corrected chi connectivity index (χ2v) is 8.42. The first-order valence-electron chi connectivity index (χ1n) is 10.7. The Morgan fingerprint density at radius 3 is 2.26 bits per heavy atom. The second kappa shape index (κ2) is 7.49. The molecular formula is C21H30N6. The van der Waals surface area contributed by atoms with Crippen LogP contribution in [0.25, 0.3) is 0 Å². The largest absolute Gasteiger partial charge is 0.354 e. The van der Waals surface area contributed by atoms with Gasteiger partial charge < -0.3 is 14.4 Å². The number of imidazole rings is 1. The molecule has 3 fully saturated rings. The molecule has 0 N–H and O–H groups in total. The van der Waals surface area contributed by atoms with Gasteiger partial charge in [-0.3, -0.25) is 0 Å². The van der Waals surface area contributed by atoms with E-state index in [-0.39, 0.29) is 0 Å². The summed E-state index contributed by atoms with van der Waals surface area (Å²) in [7, 11) is 0. The second-order valence-electron chi connectivity index (χ2n) is 8.42. The average molecular weight is 367 g/mol. The molecule has 0 amide bonds. The van der Waals surface area contributed by atoms with Crippen molar-refractivity contribution in [1.82, 2.24) is 19.5 Å². The van der Waals surface area contributed by atoms with E-state index in [2.05, 4.69) is 20.6 Å². The molecule has 2 saturated heterocycles. The zero-order valence-corrected chi connectivity index (χ0v) is 16.1. The molecule has 0 bridgehead atoms. The van der Waals surface area contributed by atoms with Crippen LogP contribution in [-0.2, 0) is 6.54 Å². The molecule has 144 valence electrons. The van der Waals surface area contributed by atoms with E-state index in [4.69, 9.17) is 15.0 Å². The van der Waals surface area contributed by atoms with E-state index in [1.54, 1.807) is 0 Å². The molecule has 27 heavy (non-hydrogen) atoms. The molecule has 1 saturated carbocycles. The molecule has 0 spiro atoms. The topological polar surface area (TPSA) is 50.1 Å². The van der Waals surface area contributed by atoms with Gasteiger partial charge in [0.05, 0.1) is 0 Å². The first-order chi connectivity index (χ1) is 13.4. The van der Waals surface area contributed by atoms with E-state index in [1.807, 2.05) is 18.6 Å². The first-order valence-corrected chi connectivity index (χ1v) is 10.7. The van der Waals surface area contributed by atoms with Crippen LogP contribution in [0.4, 0.5) is 11.6 Å². The fourth-order valence-corrected chi connectivity index (χ4v) is 4.87. The van der Waals surface area contributed by atoms with Crippen molar-refractivity contribution in [3.63, 3.8) is 0 Å². The van der Waals surface area contributed by atoms with Crippen molar-refractivity contribution in [2.75, 3.05) is 36.0 Å². The van der Waals surface area contributed by atoms with Crippen LogP contribution in [0.1, 0.15) is 56.7 Å². The maximum Gasteiger partial charge on any atom is 0.172 e. The summed E-state index contributed by atoms with van der Waals surface area (Å²) >= 11 is 0. The van der Waals surface area contributed by atoms with Crippen LogP contribution in [-0.4, -0.2) is 45.7 Å². The van der Waals surface area contributed by atoms with Crippen molar-refractivity contribution < 1.29 is 0 Å². The lowest BCUT2D eigenvalue weighted by Crippen LogP contribution is -2.37. The van der Waals surface area contributed by atoms with Crippen molar-refractivity contribution in [2.45, 2.75) is 57.4 Å². The summed E-state index contributed by atoms with van der Waals surface area (Å²) in [5.41, 5.74) is 0.